The van der Waals surface area contributed by atoms with Crippen molar-refractivity contribution in [3.63, 3.8) is 0 Å². The van der Waals surface area contributed by atoms with Crippen LogP contribution >= 0.6 is 0 Å². The smallest absolute Gasteiger partial charge is 0.248 e. The first-order chi connectivity index (χ1) is 13.2. The summed E-state index contributed by atoms with van der Waals surface area (Å²) in [6, 6.07) is 13.9. The summed E-state index contributed by atoms with van der Waals surface area (Å²) in [6.07, 6.45) is 1.70. The minimum atomic E-state index is 0.294. The first-order valence-electron chi connectivity index (χ1n) is 9.08. The van der Waals surface area contributed by atoms with E-state index in [9.17, 15) is 0 Å². The molecule has 0 amide bonds. The molecule has 2 aromatic heterocycles. The van der Waals surface area contributed by atoms with Crippen molar-refractivity contribution < 1.29 is 0 Å². The lowest BCUT2D eigenvalue weighted by molar-refractivity contribution is 0.148. The number of hydrogen-bond donors (Lipinski definition) is 2. The van der Waals surface area contributed by atoms with Gasteiger partial charge in [-0.05, 0) is 36.9 Å². The molecule has 0 atom stereocenters. The van der Waals surface area contributed by atoms with Gasteiger partial charge in [0, 0.05) is 44.6 Å². The van der Waals surface area contributed by atoms with Crippen LogP contribution in [0.1, 0.15) is 5.56 Å². The Bertz CT molecular complexity index is 866. The van der Waals surface area contributed by atoms with E-state index in [0.717, 1.165) is 38.4 Å². The fourth-order valence-corrected chi connectivity index (χ4v) is 3.11. The number of piperazine rings is 1. The number of aromatic nitrogens is 4. The Hall–Kier alpha value is -2.97. The molecule has 140 valence electrons. The van der Waals surface area contributed by atoms with Crippen molar-refractivity contribution >= 4 is 17.6 Å². The number of pyridine rings is 1. The molecule has 27 heavy (non-hydrogen) atoms. The molecule has 4 rings (SSSR count). The van der Waals surface area contributed by atoms with E-state index in [1.165, 1.54) is 10.2 Å². The molecule has 0 aliphatic carbocycles. The van der Waals surface area contributed by atoms with E-state index in [2.05, 4.69) is 49.4 Å². The molecule has 0 bridgehead atoms. The predicted octanol–water partition coefficient (Wildman–Crippen LogP) is 1.74. The van der Waals surface area contributed by atoms with Gasteiger partial charge in [-0.15, -0.1) is 5.10 Å². The fraction of sp³-hybridized carbons (Fsp3) is 0.316. The van der Waals surface area contributed by atoms with Crippen LogP contribution in [0.25, 0.3) is 5.82 Å². The van der Waals surface area contributed by atoms with Gasteiger partial charge < -0.3 is 16.0 Å². The van der Waals surface area contributed by atoms with Crippen LogP contribution in [0, 0.1) is 0 Å². The summed E-state index contributed by atoms with van der Waals surface area (Å²) in [5, 5.41) is 7.59. The van der Waals surface area contributed by atoms with Crippen molar-refractivity contribution in [3.8, 4) is 5.82 Å². The summed E-state index contributed by atoms with van der Waals surface area (Å²) in [4.78, 5) is 13.4. The van der Waals surface area contributed by atoms with Crippen molar-refractivity contribution in [2.75, 3.05) is 44.3 Å². The molecule has 0 spiro atoms. The molecular weight excluding hydrogens is 340 g/mol. The van der Waals surface area contributed by atoms with Crippen LogP contribution < -0.4 is 11.1 Å². The summed E-state index contributed by atoms with van der Waals surface area (Å²) in [5.41, 5.74) is 8.19. The van der Waals surface area contributed by atoms with Crippen LogP contribution in [0.3, 0.4) is 0 Å². The third-order valence-electron chi connectivity index (χ3n) is 4.71. The van der Waals surface area contributed by atoms with E-state index in [1.54, 1.807) is 6.20 Å². The molecule has 0 radical (unpaired) electrons. The van der Waals surface area contributed by atoms with E-state index in [4.69, 9.17) is 5.73 Å². The second-order valence-electron chi connectivity index (χ2n) is 6.79. The maximum atomic E-state index is 5.97. The molecule has 1 aliphatic rings. The standard InChI is InChI=1S/C19H24N8/c1-25-10-12-26(13-11-25)14-15-5-7-16(8-6-15)22-19-23-18(20)27(24-19)17-4-2-3-9-21-17/h2-9H,10-14H2,1H3,(H3,20,22,23,24). The summed E-state index contributed by atoms with van der Waals surface area (Å²) in [6.45, 7) is 5.47. The second kappa shape index (κ2) is 7.73. The van der Waals surface area contributed by atoms with Gasteiger partial charge >= 0.3 is 0 Å². The summed E-state index contributed by atoms with van der Waals surface area (Å²) in [5.74, 6) is 1.38. The second-order valence-corrected chi connectivity index (χ2v) is 6.79. The lowest BCUT2D eigenvalue weighted by Gasteiger charge is -2.32. The van der Waals surface area contributed by atoms with E-state index in [0.29, 0.717) is 17.7 Å². The van der Waals surface area contributed by atoms with E-state index < -0.39 is 0 Å². The Labute approximate surface area is 158 Å². The lowest BCUT2D eigenvalue weighted by atomic mass is 10.2. The molecular formula is C19H24N8. The minimum Gasteiger partial charge on any atom is -0.368 e. The highest BCUT2D eigenvalue weighted by molar-refractivity contribution is 5.55. The van der Waals surface area contributed by atoms with Gasteiger partial charge in [-0.3, -0.25) is 4.90 Å². The van der Waals surface area contributed by atoms with Gasteiger partial charge in [0.25, 0.3) is 0 Å². The average molecular weight is 364 g/mol. The molecule has 1 aromatic carbocycles. The quantitative estimate of drug-likeness (QED) is 0.713. The number of nitrogens with two attached hydrogens (primary N) is 1. The Kier molecular flexibility index (Phi) is 4.99. The lowest BCUT2D eigenvalue weighted by Crippen LogP contribution is -2.43. The number of nitrogens with zero attached hydrogens (tertiary/aromatic N) is 6. The Morgan fingerprint density at radius 1 is 1.04 bits per heavy atom. The highest BCUT2D eigenvalue weighted by Crippen LogP contribution is 2.18. The van der Waals surface area contributed by atoms with E-state index >= 15 is 0 Å². The van der Waals surface area contributed by atoms with Crippen LogP contribution in [-0.4, -0.2) is 62.8 Å². The highest BCUT2D eigenvalue weighted by Gasteiger charge is 2.14. The van der Waals surface area contributed by atoms with Gasteiger partial charge in [-0.2, -0.15) is 9.67 Å². The molecule has 0 saturated carbocycles. The van der Waals surface area contributed by atoms with Crippen molar-refractivity contribution in [1.29, 1.82) is 0 Å². The number of likely N-dealkylation sites (N-methyl/N-ethyl adjacent to an activating group) is 1. The largest absolute Gasteiger partial charge is 0.368 e. The maximum absolute atomic E-state index is 5.97. The molecule has 1 aliphatic heterocycles. The van der Waals surface area contributed by atoms with Gasteiger partial charge in [0.2, 0.25) is 11.9 Å². The van der Waals surface area contributed by atoms with Gasteiger partial charge in [0.05, 0.1) is 0 Å². The summed E-state index contributed by atoms with van der Waals surface area (Å²) < 4.78 is 1.52. The zero-order valence-electron chi connectivity index (χ0n) is 15.4. The molecule has 3 aromatic rings. The number of anilines is 3. The Balaban J connectivity index is 1.40. The van der Waals surface area contributed by atoms with Crippen LogP contribution in [0.15, 0.2) is 48.7 Å². The monoisotopic (exact) mass is 364 g/mol. The number of nitrogen functional groups attached to an aromatic ring is 1. The normalized spacial score (nSPS) is 15.7. The van der Waals surface area contributed by atoms with Gasteiger partial charge in [0.15, 0.2) is 5.82 Å². The summed E-state index contributed by atoms with van der Waals surface area (Å²) >= 11 is 0. The van der Waals surface area contributed by atoms with E-state index in [-0.39, 0.29) is 0 Å². The van der Waals surface area contributed by atoms with Crippen LogP contribution in [0.2, 0.25) is 0 Å². The fourth-order valence-electron chi connectivity index (χ4n) is 3.11. The van der Waals surface area contributed by atoms with Gasteiger partial charge in [0.1, 0.15) is 0 Å². The third kappa shape index (κ3) is 4.24. The van der Waals surface area contributed by atoms with Crippen LogP contribution in [-0.2, 0) is 6.54 Å². The van der Waals surface area contributed by atoms with Crippen molar-refractivity contribution in [3.05, 3.63) is 54.2 Å². The average Bonchev–Trinajstić information content (AvgIpc) is 3.06. The SMILES string of the molecule is CN1CCN(Cc2ccc(Nc3nc(N)n(-c4ccccn4)n3)cc2)CC1. The van der Waals surface area contributed by atoms with Gasteiger partial charge in [-0.1, -0.05) is 18.2 Å². The molecule has 0 unspecified atom stereocenters. The number of benzene rings is 1. The topological polar surface area (TPSA) is 88.1 Å². The maximum Gasteiger partial charge on any atom is 0.248 e. The zero-order valence-corrected chi connectivity index (χ0v) is 15.4. The molecule has 3 N–H and O–H groups in total. The molecule has 1 fully saturated rings. The van der Waals surface area contributed by atoms with Gasteiger partial charge in [-0.25, -0.2) is 4.98 Å². The van der Waals surface area contributed by atoms with Crippen molar-refractivity contribution in [1.82, 2.24) is 29.5 Å². The van der Waals surface area contributed by atoms with Crippen LogP contribution in [0.5, 0.6) is 0 Å². The predicted molar refractivity (Wildman–Crippen MR) is 106 cm³/mol. The van der Waals surface area contributed by atoms with E-state index in [1.807, 2.05) is 30.3 Å². The first kappa shape index (κ1) is 17.4. The molecule has 8 heteroatoms. The van der Waals surface area contributed by atoms with Crippen molar-refractivity contribution in [2.24, 2.45) is 0 Å². The zero-order chi connectivity index (χ0) is 18.6. The Morgan fingerprint density at radius 3 is 2.52 bits per heavy atom. The minimum absolute atomic E-state index is 0.294. The van der Waals surface area contributed by atoms with Crippen LogP contribution in [0.4, 0.5) is 17.6 Å². The first-order valence-corrected chi connectivity index (χ1v) is 9.08. The number of rotatable bonds is 5. The number of nitrogens with one attached hydrogen (secondary N) is 1. The molecule has 8 nitrogen and oxygen atoms in total. The molecule has 3 heterocycles. The third-order valence-corrected chi connectivity index (χ3v) is 4.71. The summed E-state index contributed by atoms with van der Waals surface area (Å²) in [7, 11) is 2.17. The number of hydrogen-bond acceptors (Lipinski definition) is 7. The van der Waals surface area contributed by atoms with Crippen molar-refractivity contribution in [2.45, 2.75) is 6.54 Å². The highest BCUT2D eigenvalue weighted by atomic mass is 15.4. The molecule has 1 saturated heterocycles. The Morgan fingerprint density at radius 2 is 1.81 bits per heavy atom.